The standard InChI is InChI=1S/C16H20N2O2/c17-10-14-8-4-5-9-15(14)18-16(19)12-20-11-13-6-2-1-3-7-13/h4-5,8-9,13H,1-3,6-7,11-12H2,(H,18,19). The molecule has 4 nitrogen and oxygen atoms in total. The molecule has 1 fully saturated rings. The molecule has 20 heavy (non-hydrogen) atoms. The van der Waals surface area contributed by atoms with Gasteiger partial charge in [0.05, 0.1) is 17.9 Å². The number of nitriles is 1. The summed E-state index contributed by atoms with van der Waals surface area (Å²) >= 11 is 0. The van der Waals surface area contributed by atoms with Gasteiger partial charge in [0, 0.05) is 0 Å². The zero-order chi connectivity index (χ0) is 14.2. The van der Waals surface area contributed by atoms with Crippen molar-refractivity contribution in [3.8, 4) is 6.07 Å². The lowest BCUT2D eigenvalue weighted by Crippen LogP contribution is -2.22. The van der Waals surface area contributed by atoms with Crippen LogP contribution < -0.4 is 5.32 Å². The number of carbonyl (C=O) groups is 1. The SMILES string of the molecule is N#Cc1ccccc1NC(=O)COCC1CCCCC1. The highest BCUT2D eigenvalue weighted by atomic mass is 16.5. The summed E-state index contributed by atoms with van der Waals surface area (Å²) in [5.41, 5.74) is 1.01. The Bertz CT molecular complexity index is 487. The van der Waals surface area contributed by atoms with Crippen LogP contribution in [-0.4, -0.2) is 19.1 Å². The monoisotopic (exact) mass is 272 g/mol. The Balaban J connectivity index is 1.73. The number of hydrogen-bond acceptors (Lipinski definition) is 3. The summed E-state index contributed by atoms with van der Waals surface area (Å²) < 4.78 is 5.49. The number of hydrogen-bond donors (Lipinski definition) is 1. The summed E-state index contributed by atoms with van der Waals surface area (Å²) in [5, 5.41) is 11.7. The quantitative estimate of drug-likeness (QED) is 0.896. The van der Waals surface area contributed by atoms with E-state index in [1.807, 2.05) is 0 Å². The van der Waals surface area contributed by atoms with Gasteiger partial charge in [0.2, 0.25) is 5.91 Å². The molecular formula is C16H20N2O2. The third-order valence-electron chi connectivity index (χ3n) is 3.63. The summed E-state index contributed by atoms with van der Waals surface area (Å²) in [7, 11) is 0. The maximum atomic E-state index is 11.8. The minimum absolute atomic E-state index is 0.0518. The summed E-state index contributed by atoms with van der Waals surface area (Å²) in [5.74, 6) is 0.395. The molecule has 1 aromatic rings. The molecule has 0 atom stereocenters. The van der Waals surface area contributed by atoms with Gasteiger partial charge >= 0.3 is 0 Å². The van der Waals surface area contributed by atoms with Crippen molar-refractivity contribution in [2.75, 3.05) is 18.5 Å². The topological polar surface area (TPSA) is 62.1 Å². The molecule has 0 unspecified atom stereocenters. The van der Waals surface area contributed by atoms with E-state index < -0.39 is 0 Å². The third kappa shape index (κ3) is 4.36. The second kappa shape index (κ2) is 7.66. The van der Waals surface area contributed by atoms with Crippen molar-refractivity contribution in [2.24, 2.45) is 5.92 Å². The highest BCUT2D eigenvalue weighted by Gasteiger charge is 2.14. The van der Waals surface area contributed by atoms with Crippen molar-refractivity contribution in [3.63, 3.8) is 0 Å². The zero-order valence-corrected chi connectivity index (χ0v) is 11.6. The predicted octanol–water partition coefficient (Wildman–Crippen LogP) is 3.09. The molecule has 0 spiro atoms. The van der Waals surface area contributed by atoms with Crippen molar-refractivity contribution in [3.05, 3.63) is 29.8 Å². The number of nitrogens with one attached hydrogen (secondary N) is 1. The molecule has 1 aromatic carbocycles. The lowest BCUT2D eigenvalue weighted by molar-refractivity contribution is -0.121. The minimum atomic E-state index is -0.205. The van der Waals surface area contributed by atoms with Crippen LogP contribution in [0.1, 0.15) is 37.7 Å². The number of carbonyl (C=O) groups excluding carboxylic acids is 1. The Kier molecular flexibility index (Phi) is 5.57. The molecule has 0 heterocycles. The molecule has 1 aliphatic carbocycles. The summed E-state index contributed by atoms with van der Waals surface area (Å²) in [6, 6.07) is 9.01. The normalized spacial score (nSPS) is 15.6. The minimum Gasteiger partial charge on any atom is -0.371 e. The fraction of sp³-hybridized carbons (Fsp3) is 0.500. The van der Waals surface area contributed by atoms with Crippen molar-refractivity contribution in [1.82, 2.24) is 0 Å². The number of amides is 1. The number of nitrogens with zero attached hydrogens (tertiary/aromatic N) is 1. The van der Waals surface area contributed by atoms with E-state index in [2.05, 4.69) is 11.4 Å². The average molecular weight is 272 g/mol. The summed E-state index contributed by atoms with van der Waals surface area (Å²) in [6.45, 7) is 0.712. The molecule has 0 radical (unpaired) electrons. The van der Waals surface area contributed by atoms with E-state index in [9.17, 15) is 4.79 Å². The van der Waals surface area contributed by atoms with Crippen LogP contribution in [0.3, 0.4) is 0 Å². The van der Waals surface area contributed by atoms with Gasteiger partial charge in [-0.3, -0.25) is 4.79 Å². The van der Waals surface area contributed by atoms with Crippen LogP contribution in [0.25, 0.3) is 0 Å². The molecule has 106 valence electrons. The molecule has 0 aliphatic heterocycles. The first kappa shape index (κ1) is 14.5. The maximum Gasteiger partial charge on any atom is 0.250 e. The molecule has 0 bridgehead atoms. The summed E-state index contributed by atoms with van der Waals surface area (Å²) in [6.07, 6.45) is 6.28. The van der Waals surface area contributed by atoms with Crippen molar-refractivity contribution in [1.29, 1.82) is 5.26 Å². The molecule has 1 saturated carbocycles. The Morgan fingerprint density at radius 1 is 1.30 bits per heavy atom. The highest BCUT2D eigenvalue weighted by Crippen LogP contribution is 2.23. The fourth-order valence-electron chi connectivity index (χ4n) is 2.55. The zero-order valence-electron chi connectivity index (χ0n) is 11.6. The van der Waals surface area contributed by atoms with Crippen LogP contribution in [0.5, 0.6) is 0 Å². The molecule has 1 aliphatic rings. The highest BCUT2D eigenvalue weighted by molar-refractivity contribution is 5.92. The van der Waals surface area contributed by atoms with Gasteiger partial charge in [-0.25, -0.2) is 0 Å². The molecular weight excluding hydrogens is 252 g/mol. The molecule has 4 heteroatoms. The van der Waals surface area contributed by atoms with E-state index >= 15 is 0 Å². The first-order valence-corrected chi connectivity index (χ1v) is 7.16. The average Bonchev–Trinajstić information content (AvgIpc) is 2.49. The number of ether oxygens (including phenoxy) is 1. The first-order valence-electron chi connectivity index (χ1n) is 7.16. The second-order valence-electron chi connectivity index (χ2n) is 5.22. The van der Waals surface area contributed by atoms with E-state index in [0.717, 1.165) is 0 Å². The van der Waals surface area contributed by atoms with Crippen LogP contribution in [0.15, 0.2) is 24.3 Å². The number of para-hydroxylation sites is 1. The Morgan fingerprint density at radius 3 is 2.80 bits per heavy atom. The van der Waals surface area contributed by atoms with Gasteiger partial charge in [0.1, 0.15) is 12.7 Å². The second-order valence-corrected chi connectivity index (χ2v) is 5.22. The van der Waals surface area contributed by atoms with Crippen molar-refractivity contribution < 1.29 is 9.53 Å². The van der Waals surface area contributed by atoms with Crippen LogP contribution in [0.4, 0.5) is 5.69 Å². The number of rotatable bonds is 5. The van der Waals surface area contributed by atoms with Gasteiger partial charge < -0.3 is 10.1 Å². The van der Waals surface area contributed by atoms with Gasteiger partial charge in [0.15, 0.2) is 0 Å². The van der Waals surface area contributed by atoms with Gasteiger partial charge in [-0.2, -0.15) is 5.26 Å². The van der Waals surface area contributed by atoms with Crippen LogP contribution >= 0.6 is 0 Å². The lowest BCUT2D eigenvalue weighted by Gasteiger charge is -2.21. The predicted molar refractivity (Wildman–Crippen MR) is 77.2 cm³/mol. The Labute approximate surface area is 119 Å². The number of anilines is 1. The molecule has 1 N–H and O–H groups in total. The van der Waals surface area contributed by atoms with Gasteiger partial charge in [-0.1, -0.05) is 31.4 Å². The molecule has 1 amide bonds. The Hall–Kier alpha value is -1.86. The van der Waals surface area contributed by atoms with E-state index in [1.165, 1.54) is 32.1 Å². The smallest absolute Gasteiger partial charge is 0.250 e. The largest absolute Gasteiger partial charge is 0.371 e. The van der Waals surface area contributed by atoms with E-state index in [0.29, 0.717) is 23.8 Å². The van der Waals surface area contributed by atoms with Crippen LogP contribution in [-0.2, 0) is 9.53 Å². The molecule has 2 rings (SSSR count). The van der Waals surface area contributed by atoms with E-state index in [4.69, 9.17) is 10.00 Å². The summed E-state index contributed by atoms with van der Waals surface area (Å²) in [4.78, 5) is 11.8. The van der Waals surface area contributed by atoms with Gasteiger partial charge in [-0.15, -0.1) is 0 Å². The first-order chi connectivity index (χ1) is 9.79. The third-order valence-corrected chi connectivity index (χ3v) is 3.63. The van der Waals surface area contributed by atoms with Crippen molar-refractivity contribution in [2.45, 2.75) is 32.1 Å². The van der Waals surface area contributed by atoms with E-state index in [1.54, 1.807) is 24.3 Å². The molecule has 0 saturated heterocycles. The fourth-order valence-corrected chi connectivity index (χ4v) is 2.55. The van der Waals surface area contributed by atoms with Gasteiger partial charge in [-0.05, 0) is 30.9 Å². The van der Waals surface area contributed by atoms with E-state index in [-0.39, 0.29) is 12.5 Å². The van der Waals surface area contributed by atoms with Gasteiger partial charge in [0.25, 0.3) is 0 Å². The number of benzene rings is 1. The maximum absolute atomic E-state index is 11.8. The van der Waals surface area contributed by atoms with Crippen LogP contribution in [0.2, 0.25) is 0 Å². The van der Waals surface area contributed by atoms with Crippen molar-refractivity contribution >= 4 is 11.6 Å². The molecule has 0 aromatic heterocycles. The Morgan fingerprint density at radius 2 is 2.05 bits per heavy atom. The lowest BCUT2D eigenvalue weighted by atomic mass is 9.90. The van der Waals surface area contributed by atoms with Crippen LogP contribution in [0, 0.1) is 17.2 Å².